The van der Waals surface area contributed by atoms with Gasteiger partial charge in [0.05, 0.1) is 25.4 Å². The Hall–Kier alpha value is -3.87. The Morgan fingerprint density at radius 1 is 0.971 bits per heavy atom. The number of methoxy groups -OCH3 is 1. The molecule has 2 heterocycles. The number of carbonyl (C=O) groups is 2. The zero-order valence-electron chi connectivity index (χ0n) is 19.7. The molecular formula is C27H30N4O3. The maximum atomic E-state index is 13.0. The summed E-state index contributed by atoms with van der Waals surface area (Å²) in [5.41, 5.74) is 3.34. The maximum absolute atomic E-state index is 13.0. The fraction of sp³-hybridized carbons (Fsp3) is 0.296. The first kappa shape index (κ1) is 23.3. The fourth-order valence-corrected chi connectivity index (χ4v) is 4.11. The molecule has 34 heavy (non-hydrogen) atoms. The Labute approximate surface area is 200 Å². The van der Waals surface area contributed by atoms with Crippen LogP contribution in [0.25, 0.3) is 0 Å². The van der Waals surface area contributed by atoms with Gasteiger partial charge < -0.3 is 19.9 Å². The molecule has 4 rings (SSSR count). The van der Waals surface area contributed by atoms with E-state index >= 15 is 0 Å². The molecule has 3 aromatic rings. The summed E-state index contributed by atoms with van der Waals surface area (Å²) < 4.78 is 5.15. The van der Waals surface area contributed by atoms with Crippen molar-refractivity contribution in [2.75, 3.05) is 43.5 Å². The first-order valence-corrected chi connectivity index (χ1v) is 11.5. The molecule has 0 bridgehead atoms. The third-order valence-electron chi connectivity index (χ3n) is 6.04. The minimum absolute atomic E-state index is 0.0860. The third-order valence-corrected chi connectivity index (χ3v) is 6.04. The van der Waals surface area contributed by atoms with Crippen molar-refractivity contribution in [3.05, 3.63) is 83.6 Å². The molecule has 0 unspecified atom stereocenters. The number of nitrogens with zero attached hydrogens (tertiary/aromatic N) is 3. The number of hydrogen-bond donors (Lipinski definition) is 1. The van der Waals surface area contributed by atoms with Crippen LogP contribution in [-0.4, -0.2) is 55.0 Å². The number of hydrogen-bond acceptors (Lipinski definition) is 5. The second kappa shape index (κ2) is 10.8. The number of benzene rings is 2. The zero-order chi connectivity index (χ0) is 23.9. The van der Waals surface area contributed by atoms with Gasteiger partial charge in [-0.2, -0.15) is 0 Å². The lowest BCUT2D eigenvalue weighted by atomic mass is 10.1. The highest BCUT2D eigenvalue weighted by atomic mass is 16.5. The van der Waals surface area contributed by atoms with Gasteiger partial charge in [0.2, 0.25) is 5.91 Å². The summed E-state index contributed by atoms with van der Waals surface area (Å²) in [5, 5.41) is 2.90. The molecule has 1 aliphatic heterocycles. The van der Waals surface area contributed by atoms with Crippen molar-refractivity contribution in [2.24, 2.45) is 0 Å². The molecule has 2 amide bonds. The number of amides is 2. The van der Waals surface area contributed by atoms with Crippen LogP contribution in [0.2, 0.25) is 0 Å². The van der Waals surface area contributed by atoms with E-state index in [4.69, 9.17) is 4.74 Å². The second-order valence-corrected chi connectivity index (χ2v) is 8.43. The summed E-state index contributed by atoms with van der Waals surface area (Å²) in [4.78, 5) is 34.0. The van der Waals surface area contributed by atoms with Crippen LogP contribution in [-0.2, 0) is 11.2 Å². The lowest BCUT2D eigenvalue weighted by Gasteiger charge is -2.23. The number of pyridine rings is 1. The monoisotopic (exact) mass is 458 g/mol. The van der Waals surface area contributed by atoms with Crippen molar-refractivity contribution in [3.8, 4) is 5.75 Å². The van der Waals surface area contributed by atoms with Gasteiger partial charge in [-0.05, 0) is 54.8 Å². The van der Waals surface area contributed by atoms with E-state index in [1.807, 2.05) is 72.5 Å². The van der Waals surface area contributed by atoms with Crippen LogP contribution in [0.3, 0.4) is 0 Å². The normalized spacial score (nSPS) is 13.8. The molecular weight excluding hydrogens is 428 g/mol. The molecule has 0 saturated carbocycles. The molecule has 0 aliphatic carbocycles. The molecule has 0 radical (unpaired) electrons. The number of anilines is 2. The maximum Gasteiger partial charge on any atom is 0.254 e. The zero-order valence-corrected chi connectivity index (χ0v) is 19.7. The summed E-state index contributed by atoms with van der Waals surface area (Å²) in [6.45, 7) is 4.89. The molecule has 0 atom stereocenters. The van der Waals surface area contributed by atoms with Crippen molar-refractivity contribution >= 4 is 23.3 Å². The average molecular weight is 459 g/mol. The molecule has 7 heteroatoms. The number of carbonyl (C=O) groups excluding carboxylic acids is 2. The van der Waals surface area contributed by atoms with Crippen molar-refractivity contribution in [1.82, 2.24) is 9.88 Å². The average Bonchev–Trinajstić information content (AvgIpc) is 3.11. The van der Waals surface area contributed by atoms with E-state index in [0.717, 1.165) is 47.8 Å². The molecule has 1 fully saturated rings. The Morgan fingerprint density at radius 2 is 1.76 bits per heavy atom. The van der Waals surface area contributed by atoms with Crippen molar-refractivity contribution in [3.63, 3.8) is 0 Å². The summed E-state index contributed by atoms with van der Waals surface area (Å²) in [7, 11) is 1.62. The van der Waals surface area contributed by atoms with E-state index in [-0.39, 0.29) is 18.2 Å². The van der Waals surface area contributed by atoms with Crippen LogP contribution in [0.4, 0.5) is 11.5 Å². The quantitative estimate of drug-likeness (QED) is 0.606. The van der Waals surface area contributed by atoms with Gasteiger partial charge in [-0.15, -0.1) is 0 Å². The lowest BCUT2D eigenvalue weighted by Crippen LogP contribution is -2.35. The Bertz CT molecular complexity index is 1130. The van der Waals surface area contributed by atoms with Crippen LogP contribution >= 0.6 is 0 Å². The topological polar surface area (TPSA) is 74.8 Å². The van der Waals surface area contributed by atoms with Gasteiger partial charge in [-0.3, -0.25) is 9.59 Å². The SMILES string of the molecule is COc1ccc(CC(=O)Nc2ccc(N3CCCN(C(=O)c4ccccc4C)CC3)nc2)cc1. The third kappa shape index (κ3) is 5.73. The van der Waals surface area contributed by atoms with Gasteiger partial charge in [0.1, 0.15) is 11.6 Å². The highest BCUT2D eigenvalue weighted by Gasteiger charge is 2.22. The summed E-state index contributed by atoms with van der Waals surface area (Å²) >= 11 is 0. The smallest absolute Gasteiger partial charge is 0.254 e. The number of nitrogens with one attached hydrogen (secondary N) is 1. The van der Waals surface area contributed by atoms with Crippen molar-refractivity contribution < 1.29 is 14.3 Å². The van der Waals surface area contributed by atoms with Gasteiger partial charge in [-0.1, -0.05) is 30.3 Å². The van der Waals surface area contributed by atoms with Crippen LogP contribution in [0.1, 0.15) is 27.9 Å². The van der Waals surface area contributed by atoms with Gasteiger partial charge >= 0.3 is 0 Å². The van der Waals surface area contributed by atoms with Crippen LogP contribution in [0.5, 0.6) is 5.75 Å². The molecule has 7 nitrogen and oxygen atoms in total. The number of aromatic nitrogens is 1. The summed E-state index contributed by atoms with van der Waals surface area (Å²) in [5.74, 6) is 1.60. The molecule has 1 N–H and O–H groups in total. The largest absolute Gasteiger partial charge is 0.497 e. The summed E-state index contributed by atoms with van der Waals surface area (Å²) in [6.07, 6.45) is 2.84. The van der Waals surface area contributed by atoms with Crippen LogP contribution in [0, 0.1) is 6.92 Å². The molecule has 176 valence electrons. The van der Waals surface area contributed by atoms with E-state index in [9.17, 15) is 9.59 Å². The van der Waals surface area contributed by atoms with Gasteiger partial charge in [0.15, 0.2) is 0 Å². The van der Waals surface area contributed by atoms with Crippen molar-refractivity contribution in [1.29, 1.82) is 0 Å². The minimum Gasteiger partial charge on any atom is -0.497 e. The standard InChI is InChI=1S/C27H30N4O3/c1-20-6-3-4-7-24(20)27(33)31-15-5-14-30(16-17-31)25-13-10-22(19-28-25)29-26(32)18-21-8-11-23(34-2)12-9-21/h3-4,6-13,19H,5,14-18H2,1-2H3,(H,29,32). The highest BCUT2D eigenvalue weighted by Crippen LogP contribution is 2.19. The predicted molar refractivity (Wildman–Crippen MR) is 133 cm³/mol. The van der Waals surface area contributed by atoms with Crippen LogP contribution in [0.15, 0.2) is 66.9 Å². The second-order valence-electron chi connectivity index (χ2n) is 8.43. The molecule has 1 aromatic heterocycles. The Kier molecular flexibility index (Phi) is 7.42. The van der Waals surface area contributed by atoms with Gasteiger partial charge in [-0.25, -0.2) is 4.98 Å². The minimum atomic E-state index is -0.0974. The van der Waals surface area contributed by atoms with E-state index in [0.29, 0.717) is 18.8 Å². The number of ether oxygens (including phenoxy) is 1. The van der Waals surface area contributed by atoms with Crippen molar-refractivity contribution in [2.45, 2.75) is 19.8 Å². The number of aryl methyl sites for hydroxylation is 1. The molecule has 0 spiro atoms. The first-order valence-electron chi connectivity index (χ1n) is 11.5. The van der Waals surface area contributed by atoms with Gasteiger partial charge in [0, 0.05) is 31.7 Å². The van der Waals surface area contributed by atoms with E-state index in [2.05, 4.69) is 15.2 Å². The summed E-state index contributed by atoms with van der Waals surface area (Å²) in [6, 6.07) is 19.0. The van der Waals surface area contributed by atoms with Crippen LogP contribution < -0.4 is 15.0 Å². The number of rotatable bonds is 6. The molecule has 1 aliphatic rings. The van der Waals surface area contributed by atoms with E-state index < -0.39 is 0 Å². The fourth-order valence-electron chi connectivity index (χ4n) is 4.11. The first-order chi connectivity index (χ1) is 16.5. The van der Waals surface area contributed by atoms with E-state index in [1.165, 1.54) is 0 Å². The predicted octanol–water partition coefficient (Wildman–Crippen LogP) is 3.93. The van der Waals surface area contributed by atoms with E-state index in [1.54, 1.807) is 13.3 Å². The lowest BCUT2D eigenvalue weighted by molar-refractivity contribution is -0.115. The molecule has 2 aromatic carbocycles. The molecule has 1 saturated heterocycles. The van der Waals surface area contributed by atoms with Gasteiger partial charge in [0.25, 0.3) is 5.91 Å². The Balaban J connectivity index is 1.32. The Morgan fingerprint density at radius 3 is 2.47 bits per heavy atom. The highest BCUT2D eigenvalue weighted by molar-refractivity contribution is 5.95.